The molecule has 118 valence electrons. The molecule has 0 bridgehead atoms. The van der Waals surface area contributed by atoms with Crippen LogP contribution in [0.3, 0.4) is 0 Å². The molecule has 0 aliphatic rings. The van der Waals surface area contributed by atoms with Crippen molar-refractivity contribution in [2.75, 3.05) is 6.54 Å². The molecule has 1 aromatic rings. The van der Waals surface area contributed by atoms with Crippen molar-refractivity contribution in [1.29, 1.82) is 0 Å². The Labute approximate surface area is 122 Å². The van der Waals surface area contributed by atoms with Crippen molar-refractivity contribution < 1.29 is 18.0 Å². The molecule has 0 aromatic heterocycles. The van der Waals surface area contributed by atoms with E-state index < -0.39 is 17.8 Å². The zero-order valence-electron chi connectivity index (χ0n) is 12.4. The number of likely N-dealkylation sites (N-methyl/N-ethyl adjacent to an activating group) is 1. The molecule has 1 amide bonds. The fourth-order valence-electron chi connectivity index (χ4n) is 1.91. The van der Waals surface area contributed by atoms with E-state index in [-0.39, 0.29) is 18.4 Å². The molecule has 2 N–H and O–H groups in total. The Balaban J connectivity index is 2.90. The number of rotatable bonds is 5. The summed E-state index contributed by atoms with van der Waals surface area (Å²) < 4.78 is 38.0. The van der Waals surface area contributed by atoms with Crippen molar-refractivity contribution in [3.8, 4) is 0 Å². The van der Waals surface area contributed by atoms with Crippen molar-refractivity contribution in [3.05, 3.63) is 35.4 Å². The predicted molar refractivity (Wildman–Crippen MR) is 75.3 cm³/mol. The second-order valence-corrected chi connectivity index (χ2v) is 5.32. The third-order valence-corrected chi connectivity index (χ3v) is 3.32. The van der Waals surface area contributed by atoms with Crippen LogP contribution in [0.2, 0.25) is 0 Å². The second kappa shape index (κ2) is 6.93. The average molecular weight is 302 g/mol. The lowest BCUT2D eigenvalue weighted by Gasteiger charge is -2.26. The highest BCUT2D eigenvalue weighted by molar-refractivity contribution is 5.81. The first-order chi connectivity index (χ1) is 9.66. The highest BCUT2D eigenvalue weighted by Crippen LogP contribution is 2.29. The van der Waals surface area contributed by atoms with Gasteiger partial charge >= 0.3 is 6.18 Å². The van der Waals surface area contributed by atoms with Gasteiger partial charge in [0.2, 0.25) is 5.91 Å². The Morgan fingerprint density at radius 1 is 1.33 bits per heavy atom. The van der Waals surface area contributed by atoms with Crippen LogP contribution in [-0.2, 0) is 17.5 Å². The van der Waals surface area contributed by atoms with Crippen LogP contribution in [0.4, 0.5) is 13.2 Å². The van der Waals surface area contributed by atoms with Gasteiger partial charge in [-0.3, -0.25) is 4.79 Å². The molecule has 0 spiro atoms. The normalized spacial score (nSPS) is 13.3. The van der Waals surface area contributed by atoms with Gasteiger partial charge in [-0.2, -0.15) is 13.2 Å². The largest absolute Gasteiger partial charge is 0.416 e. The minimum Gasteiger partial charge on any atom is -0.337 e. The summed E-state index contributed by atoms with van der Waals surface area (Å²) in [7, 11) is 0. The summed E-state index contributed by atoms with van der Waals surface area (Å²) in [6, 6.07) is 4.36. The van der Waals surface area contributed by atoms with Crippen molar-refractivity contribution in [3.63, 3.8) is 0 Å². The molecule has 21 heavy (non-hydrogen) atoms. The molecular weight excluding hydrogens is 281 g/mol. The molecule has 0 heterocycles. The van der Waals surface area contributed by atoms with E-state index in [9.17, 15) is 18.0 Å². The Kier molecular flexibility index (Phi) is 5.78. The number of hydrogen-bond acceptors (Lipinski definition) is 2. The van der Waals surface area contributed by atoms with Crippen LogP contribution >= 0.6 is 0 Å². The maximum absolute atomic E-state index is 12.7. The third kappa shape index (κ3) is 4.74. The van der Waals surface area contributed by atoms with E-state index in [1.165, 1.54) is 11.0 Å². The number of nitrogens with zero attached hydrogens (tertiary/aromatic N) is 1. The lowest BCUT2D eigenvalue weighted by Crippen LogP contribution is -2.46. The van der Waals surface area contributed by atoms with E-state index in [1.807, 2.05) is 13.8 Å². The molecule has 1 unspecified atom stereocenters. The van der Waals surface area contributed by atoms with E-state index >= 15 is 0 Å². The first-order valence-electron chi connectivity index (χ1n) is 6.87. The molecule has 6 heteroatoms. The zero-order chi connectivity index (χ0) is 16.2. The summed E-state index contributed by atoms with van der Waals surface area (Å²) in [5, 5.41) is 0. The van der Waals surface area contributed by atoms with Gasteiger partial charge in [-0.25, -0.2) is 0 Å². The van der Waals surface area contributed by atoms with Gasteiger partial charge in [-0.1, -0.05) is 26.0 Å². The molecule has 0 aliphatic heterocycles. The quantitative estimate of drug-likeness (QED) is 0.908. The van der Waals surface area contributed by atoms with Crippen LogP contribution in [0, 0.1) is 5.92 Å². The third-order valence-electron chi connectivity index (χ3n) is 3.32. The Morgan fingerprint density at radius 3 is 2.43 bits per heavy atom. The minimum absolute atomic E-state index is 0.0203. The van der Waals surface area contributed by atoms with Crippen LogP contribution in [0.5, 0.6) is 0 Å². The number of hydrogen-bond donors (Lipinski definition) is 1. The van der Waals surface area contributed by atoms with E-state index in [1.54, 1.807) is 13.0 Å². The molecule has 1 atom stereocenters. The smallest absolute Gasteiger partial charge is 0.337 e. The average Bonchev–Trinajstić information content (AvgIpc) is 2.42. The van der Waals surface area contributed by atoms with Gasteiger partial charge in [-0.15, -0.1) is 0 Å². The Hall–Kier alpha value is -1.56. The van der Waals surface area contributed by atoms with E-state index in [0.717, 1.165) is 12.1 Å². The van der Waals surface area contributed by atoms with Gasteiger partial charge in [-0.05, 0) is 30.5 Å². The number of carbonyl (C=O) groups is 1. The molecule has 0 saturated heterocycles. The van der Waals surface area contributed by atoms with Crippen molar-refractivity contribution in [1.82, 2.24) is 4.90 Å². The fraction of sp³-hybridized carbons (Fsp3) is 0.533. The van der Waals surface area contributed by atoms with Crippen LogP contribution in [0.25, 0.3) is 0 Å². The summed E-state index contributed by atoms with van der Waals surface area (Å²) in [6.07, 6.45) is -4.38. The predicted octanol–water partition coefficient (Wildman–Crippen LogP) is 3.04. The second-order valence-electron chi connectivity index (χ2n) is 5.32. The highest BCUT2D eigenvalue weighted by atomic mass is 19.4. The number of benzene rings is 1. The molecule has 1 aromatic carbocycles. The zero-order valence-corrected chi connectivity index (χ0v) is 12.4. The summed E-state index contributed by atoms with van der Waals surface area (Å²) >= 11 is 0. The van der Waals surface area contributed by atoms with Crippen LogP contribution < -0.4 is 5.73 Å². The number of nitrogens with two attached hydrogens (primary N) is 1. The minimum atomic E-state index is -4.38. The van der Waals surface area contributed by atoms with Gasteiger partial charge in [0.1, 0.15) is 0 Å². The number of amides is 1. The molecule has 0 saturated carbocycles. The lowest BCUT2D eigenvalue weighted by molar-refractivity contribution is -0.137. The number of alkyl halides is 3. The number of halogens is 3. The number of carbonyl (C=O) groups excluding carboxylic acids is 1. The maximum Gasteiger partial charge on any atom is 0.416 e. The van der Waals surface area contributed by atoms with Crippen molar-refractivity contribution in [2.45, 2.75) is 39.5 Å². The monoisotopic (exact) mass is 302 g/mol. The first-order valence-corrected chi connectivity index (χ1v) is 6.87. The van der Waals surface area contributed by atoms with Gasteiger partial charge in [0, 0.05) is 13.1 Å². The summed E-state index contributed by atoms with van der Waals surface area (Å²) in [4.78, 5) is 13.7. The van der Waals surface area contributed by atoms with Crippen LogP contribution in [0.1, 0.15) is 31.9 Å². The van der Waals surface area contributed by atoms with Crippen LogP contribution in [-0.4, -0.2) is 23.4 Å². The molecule has 3 nitrogen and oxygen atoms in total. The molecular formula is C15H21F3N2O. The first kappa shape index (κ1) is 17.5. The van der Waals surface area contributed by atoms with Crippen molar-refractivity contribution >= 4 is 5.91 Å². The highest BCUT2D eigenvalue weighted by Gasteiger charge is 2.30. The van der Waals surface area contributed by atoms with E-state index in [2.05, 4.69) is 0 Å². The Bertz CT molecular complexity index is 486. The Morgan fingerprint density at radius 2 is 1.95 bits per heavy atom. The van der Waals surface area contributed by atoms with Crippen molar-refractivity contribution in [2.24, 2.45) is 11.7 Å². The SMILES string of the molecule is CCN(Cc1cccc(C(F)(F)F)c1)C(=O)C(N)C(C)C. The molecule has 0 aliphatic carbocycles. The van der Waals surface area contributed by atoms with E-state index in [4.69, 9.17) is 5.73 Å². The molecule has 1 rings (SSSR count). The topological polar surface area (TPSA) is 46.3 Å². The lowest BCUT2D eigenvalue weighted by atomic mass is 10.0. The summed E-state index contributed by atoms with van der Waals surface area (Å²) in [6.45, 7) is 5.97. The fourth-order valence-corrected chi connectivity index (χ4v) is 1.91. The van der Waals surface area contributed by atoms with Gasteiger partial charge < -0.3 is 10.6 Å². The van der Waals surface area contributed by atoms with Gasteiger partial charge in [0.15, 0.2) is 0 Å². The van der Waals surface area contributed by atoms with E-state index in [0.29, 0.717) is 12.1 Å². The molecule has 0 fully saturated rings. The van der Waals surface area contributed by atoms with Crippen LogP contribution in [0.15, 0.2) is 24.3 Å². The summed E-state index contributed by atoms with van der Waals surface area (Å²) in [5.74, 6) is -0.266. The molecule has 0 radical (unpaired) electrons. The maximum atomic E-state index is 12.7. The standard InChI is InChI=1S/C15H21F3N2O/c1-4-20(14(21)13(19)10(2)3)9-11-6-5-7-12(8-11)15(16,17)18/h5-8,10,13H,4,9,19H2,1-3H3. The summed E-state index contributed by atoms with van der Waals surface area (Å²) in [5.41, 5.74) is 5.55. The van der Waals surface area contributed by atoms with Gasteiger partial charge in [0.05, 0.1) is 11.6 Å². The van der Waals surface area contributed by atoms with Gasteiger partial charge in [0.25, 0.3) is 0 Å².